The van der Waals surface area contributed by atoms with E-state index in [1.54, 1.807) is 12.1 Å². The van der Waals surface area contributed by atoms with Gasteiger partial charge in [-0.15, -0.1) is 0 Å². The maximum atomic E-state index is 13.1. The van der Waals surface area contributed by atoms with E-state index in [1.165, 1.54) is 17.7 Å². The van der Waals surface area contributed by atoms with E-state index in [0.29, 0.717) is 18.5 Å². The summed E-state index contributed by atoms with van der Waals surface area (Å²) in [6.07, 6.45) is -0.0769. The van der Waals surface area contributed by atoms with E-state index < -0.39 is 6.10 Å². The van der Waals surface area contributed by atoms with Crippen molar-refractivity contribution in [3.05, 3.63) is 65.5 Å². The highest BCUT2D eigenvalue weighted by Crippen LogP contribution is 2.20. The third-order valence-corrected chi connectivity index (χ3v) is 3.45. The van der Waals surface area contributed by atoms with Gasteiger partial charge in [0.1, 0.15) is 5.82 Å². The van der Waals surface area contributed by atoms with Crippen molar-refractivity contribution in [2.75, 3.05) is 18.5 Å². The van der Waals surface area contributed by atoms with Crippen molar-refractivity contribution >= 4 is 5.69 Å². The van der Waals surface area contributed by atoms with Gasteiger partial charge in [0.25, 0.3) is 0 Å². The van der Waals surface area contributed by atoms with Gasteiger partial charge in [-0.3, -0.25) is 0 Å². The third kappa shape index (κ3) is 3.81. The number of hydrogen-bond donors (Lipinski definition) is 1. The van der Waals surface area contributed by atoms with E-state index in [2.05, 4.69) is 36.1 Å². The number of benzene rings is 2. The van der Waals surface area contributed by atoms with E-state index >= 15 is 0 Å². The lowest BCUT2D eigenvalue weighted by molar-refractivity contribution is 0.169. The Morgan fingerprint density at radius 1 is 1.15 bits per heavy atom. The first kappa shape index (κ1) is 14.5. The van der Waals surface area contributed by atoms with E-state index in [9.17, 15) is 9.50 Å². The van der Waals surface area contributed by atoms with E-state index in [1.807, 2.05) is 7.05 Å². The SMILES string of the molecule is Cc1ccc(N(C)CCC(O)c2cccc(F)c2)cc1. The minimum atomic E-state index is -0.640. The molecule has 2 aromatic rings. The van der Waals surface area contributed by atoms with Gasteiger partial charge in [-0.2, -0.15) is 0 Å². The van der Waals surface area contributed by atoms with Crippen molar-refractivity contribution in [1.82, 2.24) is 0 Å². The van der Waals surface area contributed by atoms with Crippen LogP contribution in [0.2, 0.25) is 0 Å². The molecule has 0 amide bonds. The smallest absolute Gasteiger partial charge is 0.123 e. The average Bonchev–Trinajstić information content (AvgIpc) is 2.45. The molecule has 0 aliphatic rings. The van der Waals surface area contributed by atoms with Crippen LogP contribution in [0.4, 0.5) is 10.1 Å². The summed E-state index contributed by atoms with van der Waals surface area (Å²) in [5, 5.41) is 10.1. The van der Waals surface area contributed by atoms with Crippen LogP contribution in [-0.2, 0) is 0 Å². The maximum absolute atomic E-state index is 13.1. The number of anilines is 1. The Hall–Kier alpha value is -1.87. The number of nitrogens with zero attached hydrogens (tertiary/aromatic N) is 1. The third-order valence-electron chi connectivity index (χ3n) is 3.45. The Balaban J connectivity index is 1.93. The summed E-state index contributed by atoms with van der Waals surface area (Å²) in [7, 11) is 1.99. The molecule has 0 aromatic heterocycles. The lowest BCUT2D eigenvalue weighted by Gasteiger charge is -2.21. The summed E-state index contributed by atoms with van der Waals surface area (Å²) in [4.78, 5) is 2.09. The predicted molar refractivity (Wildman–Crippen MR) is 80.4 cm³/mol. The monoisotopic (exact) mass is 273 g/mol. The Morgan fingerprint density at radius 2 is 1.85 bits per heavy atom. The number of aliphatic hydroxyl groups is 1. The van der Waals surface area contributed by atoms with Crippen LogP contribution in [-0.4, -0.2) is 18.7 Å². The zero-order chi connectivity index (χ0) is 14.5. The molecule has 2 rings (SSSR count). The van der Waals surface area contributed by atoms with Crippen LogP contribution >= 0.6 is 0 Å². The highest BCUT2D eigenvalue weighted by atomic mass is 19.1. The lowest BCUT2D eigenvalue weighted by atomic mass is 10.1. The molecule has 0 heterocycles. The molecule has 3 heteroatoms. The minimum Gasteiger partial charge on any atom is -0.388 e. The Labute approximate surface area is 119 Å². The van der Waals surface area contributed by atoms with Crippen molar-refractivity contribution in [2.45, 2.75) is 19.4 Å². The maximum Gasteiger partial charge on any atom is 0.123 e. The Kier molecular flexibility index (Phi) is 4.74. The van der Waals surface area contributed by atoms with Crippen molar-refractivity contribution in [2.24, 2.45) is 0 Å². The topological polar surface area (TPSA) is 23.5 Å². The number of aryl methyl sites for hydroxylation is 1. The van der Waals surface area contributed by atoms with Crippen molar-refractivity contribution in [1.29, 1.82) is 0 Å². The first-order valence-electron chi connectivity index (χ1n) is 6.77. The zero-order valence-electron chi connectivity index (χ0n) is 11.9. The molecule has 1 atom stereocenters. The molecule has 0 radical (unpaired) electrons. The Morgan fingerprint density at radius 3 is 2.50 bits per heavy atom. The molecule has 2 aromatic carbocycles. The summed E-state index contributed by atoms with van der Waals surface area (Å²) in [5.74, 6) is -0.312. The van der Waals surface area contributed by atoms with Gasteiger partial charge in [0, 0.05) is 19.3 Å². The second-order valence-corrected chi connectivity index (χ2v) is 5.12. The van der Waals surface area contributed by atoms with Gasteiger partial charge in [0.2, 0.25) is 0 Å². The normalized spacial score (nSPS) is 12.2. The summed E-state index contributed by atoms with van der Waals surface area (Å²) >= 11 is 0. The largest absolute Gasteiger partial charge is 0.388 e. The van der Waals surface area contributed by atoms with Gasteiger partial charge in [-0.1, -0.05) is 29.8 Å². The standard InChI is InChI=1S/C17H20FNO/c1-13-6-8-16(9-7-13)19(2)11-10-17(20)14-4-3-5-15(18)12-14/h3-9,12,17,20H,10-11H2,1-2H3. The second kappa shape index (κ2) is 6.53. The summed E-state index contributed by atoms with van der Waals surface area (Å²) in [6.45, 7) is 2.76. The van der Waals surface area contributed by atoms with Gasteiger partial charge >= 0.3 is 0 Å². The average molecular weight is 273 g/mol. The molecular formula is C17H20FNO. The molecule has 0 aliphatic heterocycles. The van der Waals surface area contributed by atoms with Crippen LogP contribution in [0.3, 0.4) is 0 Å². The number of aliphatic hydroxyl groups excluding tert-OH is 1. The molecule has 0 spiro atoms. The second-order valence-electron chi connectivity index (χ2n) is 5.12. The van der Waals surface area contributed by atoms with Crippen molar-refractivity contribution in [3.8, 4) is 0 Å². The van der Waals surface area contributed by atoms with Gasteiger partial charge in [0.05, 0.1) is 6.10 Å². The van der Waals surface area contributed by atoms with Crippen LogP contribution in [0.25, 0.3) is 0 Å². The van der Waals surface area contributed by atoms with Gasteiger partial charge in [-0.05, 0) is 43.2 Å². The van der Waals surface area contributed by atoms with Crippen LogP contribution in [0.5, 0.6) is 0 Å². The van der Waals surface area contributed by atoms with Gasteiger partial charge < -0.3 is 10.0 Å². The first-order chi connectivity index (χ1) is 9.56. The summed E-state index contributed by atoms with van der Waals surface area (Å²) in [6, 6.07) is 14.4. The molecule has 0 aliphatic carbocycles. The van der Waals surface area contributed by atoms with Gasteiger partial charge in [-0.25, -0.2) is 4.39 Å². The molecule has 0 fully saturated rings. The molecule has 0 saturated heterocycles. The quantitative estimate of drug-likeness (QED) is 0.898. The van der Waals surface area contributed by atoms with E-state index in [4.69, 9.17) is 0 Å². The summed E-state index contributed by atoms with van der Waals surface area (Å²) in [5.41, 5.74) is 2.96. The van der Waals surface area contributed by atoms with Crippen LogP contribution in [0, 0.1) is 12.7 Å². The molecule has 0 saturated carbocycles. The summed E-state index contributed by atoms with van der Waals surface area (Å²) < 4.78 is 13.1. The fourth-order valence-corrected chi connectivity index (χ4v) is 2.12. The molecule has 1 N–H and O–H groups in total. The molecule has 20 heavy (non-hydrogen) atoms. The predicted octanol–water partition coefficient (Wildman–Crippen LogP) is 3.69. The van der Waals surface area contributed by atoms with Gasteiger partial charge in [0.15, 0.2) is 0 Å². The molecular weight excluding hydrogens is 253 g/mol. The van der Waals surface area contributed by atoms with E-state index in [0.717, 1.165) is 5.69 Å². The number of halogens is 1. The molecule has 1 unspecified atom stereocenters. The van der Waals surface area contributed by atoms with Crippen molar-refractivity contribution < 1.29 is 9.50 Å². The minimum absolute atomic E-state index is 0.312. The van der Waals surface area contributed by atoms with Crippen LogP contribution in [0.15, 0.2) is 48.5 Å². The number of rotatable bonds is 5. The fourth-order valence-electron chi connectivity index (χ4n) is 2.12. The van der Waals surface area contributed by atoms with Crippen molar-refractivity contribution in [3.63, 3.8) is 0 Å². The molecule has 0 bridgehead atoms. The van der Waals surface area contributed by atoms with Crippen LogP contribution < -0.4 is 4.90 Å². The molecule has 2 nitrogen and oxygen atoms in total. The molecule has 106 valence electrons. The van der Waals surface area contributed by atoms with E-state index in [-0.39, 0.29) is 5.82 Å². The zero-order valence-corrected chi connectivity index (χ0v) is 11.9. The van der Waals surface area contributed by atoms with Crippen LogP contribution in [0.1, 0.15) is 23.7 Å². The fraction of sp³-hybridized carbons (Fsp3) is 0.294. The number of hydrogen-bond acceptors (Lipinski definition) is 2. The Bertz CT molecular complexity index is 553. The highest BCUT2D eigenvalue weighted by molar-refractivity contribution is 5.46. The highest BCUT2D eigenvalue weighted by Gasteiger charge is 2.10. The first-order valence-corrected chi connectivity index (χ1v) is 6.77. The lowest BCUT2D eigenvalue weighted by Crippen LogP contribution is -2.20.